The van der Waals surface area contributed by atoms with Crippen LogP contribution in [0.1, 0.15) is 13.8 Å². The maximum atomic E-state index is 12.0. The number of halogens is 1. The molecule has 114 valence electrons. The van der Waals surface area contributed by atoms with Gasteiger partial charge in [-0.2, -0.15) is 0 Å². The molecule has 1 unspecified atom stereocenters. The van der Waals surface area contributed by atoms with Gasteiger partial charge in [0.1, 0.15) is 11.8 Å². The number of carbonyl (C=O) groups is 2. The van der Waals surface area contributed by atoms with Gasteiger partial charge in [0.05, 0.1) is 17.7 Å². The average molecular weight is 312 g/mol. The van der Waals surface area contributed by atoms with Gasteiger partial charge < -0.3 is 15.4 Å². The van der Waals surface area contributed by atoms with Crippen LogP contribution in [0.5, 0.6) is 5.75 Å². The van der Waals surface area contributed by atoms with Gasteiger partial charge in [-0.25, -0.2) is 0 Å². The Morgan fingerprint density at radius 1 is 1.48 bits per heavy atom. The van der Waals surface area contributed by atoms with E-state index < -0.39 is 6.04 Å². The number of nitrogens with one attached hydrogen (secondary N) is 3. The zero-order valence-corrected chi connectivity index (χ0v) is 12.7. The fourth-order valence-corrected chi connectivity index (χ4v) is 2.13. The molecule has 1 aromatic carbocycles. The number of piperazine rings is 1. The Kier molecular flexibility index (Phi) is 5.03. The highest BCUT2D eigenvalue weighted by atomic mass is 35.5. The first-order valence-electron chi connectivity index (χ1n) is 6.73. The Bertz CT molecular complexity index is 538. The lowest BCUT2D eigenvalue weighted by atomic mass is 10.2. The molecule has 1 fully saturated rings. The van der Waals surface area contributed by atoms with E-state index in [1.165, 1.54) is 0 Å². The minimum atomic E-state index is -0.451. The third-order valence-corrected chi connectivity index (χ3v) is 3.19. The van der Waals surface area contributed by atoms with Crippen LogP contribution < -0.4 is 20.7 Å². The summed E-state index contributed by atoms with van der Waals surface area (Å²) in [5.74, 6) is 0.244. The summed E-state index contributed by atoms with van der Waals surface area (Å²) in [4.78, 5) is 23.1. The van der Waals surface area contributed by atoms with E-state index >= 15 is 0 Å². The summed E-state index contributed by atoms with van der Waals surface area (Å²) < 4.78 is 5.53. The van der Waals surface area contributed by atoms with E-state index in [-0.39, 0.29) is 31.0 Å². The molecule has 1 aliphatic rings. The Morgan fingerprint density at radius 2 is 2.24 bits per heavy atom. The highest BCUT2D eigenvalue weighted by Crippen LogP contribution is 2.28. The topological polar surface area (TPSA) is 79.5 Å². The van der Waals surface area contributed by atoms with Crippen molar-refractivity contribution in [1.82, 2.24) is 10.6 Å². The number of benzene rings is 1. The molecule has 0 aliphatic carbocycles. The van der Waals surface area contributed by atoms with E-state index in [9.17, 15) is 9.59 Å². The van der Waals surface area contributed by atoms with E-state index in [4.69, 9.17) is 16.3 Å². The van der Waals surface area contributed by atoms with E-state index in [0.29, 0.717) is 16.5 Å². The number of hydrogen-bond donors (Lipinski definition) is 3. The van der Waals surface area contributed by atoms with Gasteiger partial charge >= 0.3 is 0 Å². The number of rotatable bonds is 4. The molecule has 1 atom stereocenters. The molecule has 1 aliphatic heterocycles. The molecule has 0 spiro atoms. The lowest BCUT2D eigenvalue weighted by Crippen LogP contribution is -2.56. The first-order valence-corrected chi connectivity index (χ1v) is 7.10. The molecule has 21 heavy (non-hydrogen) atoms. The van der Waals surface area contributed by atoms with Gasteiger partial charge in [0.2, 0.25) is 11.8 Å². The van der Waals surface area contributed by atoms with Gasteiger partial charge in [0, 0.05) is 12.2 Å². The smallest absolute Gasteiger partial charge is 0.243 e. The number of amides is 2. The third kappa shape index (κ3) is 4.34. The second-order valence-corrected chi connectivity index (χ2v) is 5.45. The Balaban J connectivity index is 1.98. The van der Waals surface area contributed by atoms with Gasteiger partial charge in [-0.15, -0.1) is 0 Å². The molecular formula is C14H18ClN3O3. The minimum Gasteiger partial charge on any atom is -0.489 e. The SMILES string of the molecule is CC(C)Oc1ccc(NC(=O)C2CNC(=O)CN2)cc1Cl. The number of hydrogen-bond acceptors (Lipinski definition) is 4. The zero-order chi connectivity index (χ0) is 15.4. The van der Waals surface area contributed by atoms with Crippen LogP contribution in [0, 0.1) is 0 Å². The van der Waals surface area contributed by atoms with Crippen molar-refractivity contribution in [1.29, 1.82) is 0 Å². The molecule has 1 aromatic rings. The summed E-state index contributed by atoms with van der Waals surface area (Å²) in [5, 5.41) is 8.68. The van der Waals surface area contributed by atoms with Crippen LogP contribution in [0.4, 0.5) is 5.69 Å². The van der Waals surface area contributed by atoms with Gasteiger partial charge in [-0.1, -0.05) is 11.6 Å². The van der Waals surface area contributed by atoms with Crippen LogP contribution >= 0.6 is 11.6 Å². The molecule has 3 N–H and O–H groups in total. The van der Waals surface area contributed by atoms with Gasteiger partial charge in [-0.05, 0) is 32.0 Å². The highest BCUT2D eigenvalue weighted by Gasteiger charge is 2.23. The second kappa shape index (κ2) is 6.78. The molecule has 1 heterocycles. The van der Waals surface area contributed by atoms with Crippen LogP contribution in [0.3, 0.4) is 0 Å². The summed E-state index contributed by atoms with van der Waals surface area (Å²) in [5.41, 5.74) is 0.583. The Labute approximate surface area is 128 Å². The van der Waals surface area contributed by atoms with Crippen LogP contribution in [-0.2, 0) is 9.59 Å². The number of anilines is 1. The van der Waals surface area contributed by atoms with Gasteiger partial charge in [0.25, 0.3) is 0 Å². The van der Waals surface area contributed by atoms with Gasteiger partial charge in [0.15, 0.2) is 0 Å². The minimum absolute atomic E-state index is 0.0259. The summed E-state index contributed by atoms with van der Waals surface area (Å²) in [6, 6.07) is 4.63. The maximum absolute atomic E-state index is 12.0. The van der Waals surface area contributed by atoms with Crippen molar-refractivity contribution in [2.75, 3.05) is 18.4 Å². The molecule has 2 amide bonds. The van der Waals surface area contributed by atoms with Crippen LogP contribution in [0.25, 0.3) is 0 Å². The molecule has 0 bridgehead atoms. The van der Waals surface area contributed by atoms with Crippen LogP contribution in [0.15, 0.2) is 18.2 Å². The van der Waals surface area contributed by atoms with Crippen molar-refractivity contribution in [3.63, 3.8) is 0 Å². The van der Waals surface area contributed by atoms with E-state index in [0.717, 1.165) is 0 Å². The van der Waals surface area contributed by atoms with Crippen molar-refractivity contribution >= 4 is 29.1 Å². The maximum Gasteiger partial charge on any atom is 0.243 e. The average Bonchev–Trinajstić information content (AvgIpc) is 2.42. The Morgan fingerprint density at radius 3 is 2.81 bits per heavy atom. The molecule has 1 saturated heterocycles. The molecular weight excluding hydrogens is 294 g/mol. The monoisotopic (exact) mass is 311 g/mol. The molecule has 0 aromatic heterocycles. The van der Waals surface area contributed by atoms with E-state index in [2.05, 4.69) is 16.0 Å². The summed E-state index contributed by atoms with van der Waals surface area (Å²) >= 11 is 6.11. The van der Waals surface area contributed by atoms with Crippen molar-refractivity contribution < 1.29 is 14.3 Å². The Hall–Kier alpha value is -1.79. The second-order valence-electron chi connectivity index (χ2n) is 5.04. The number of carbonyl (C=O) groups excluding carboxylic acids is 2. The zero-order valence-electron chi connectivity index (χ0n) is 11.9. The predicted molar refractivity (Wildman–Crippen MR) is 80.6 cm³/mol. The molecule has 6 nitrogen and oxygen atoms in total. The van der Waals surface area contributed by atoms with Gasteiger partial charge in [-0.3, -0.25) is 14.9 Å². The van der Waals surface area contributed by atoms with Crippen LogP contribution in [0.2, 0.25) is 5.02 Å². The van der Waals surface area contributed by atoms with Crippen molar-refractivity contribution in [3.05, 3.63) is 23.2 Å². The van der Waals surface area contributed by atoms with Crippen molar-refractivity contribution in [2.45, 2.75) is 26.0 Å². The molecule has 7 heteroatoms. The summed E-state index contributed by atoms with van der Waals surface area (Å²) in [6.07, 6.45) is 0.0259. The normalized spacial score (nSPS) is 18.3. The van der Waals surface area contributed by atoms with E-state index in [1.54, 1.807) is 18.2 Å². The lowest BCUT2D eigenvalue weighted by Gasteiger charge is -2.23. The summed E-state index contributed by atoms with van der Waals surface area (Å²) in [6.45, 7) is 4.23. The van der Waals surface area contributed by atoms with Crippen molar-refractivity contribution in [3.8, 4) is 5.75 Å². The molecule has 0 saturated carbocycles. The first kappa shape index (κ1) is 15.6. The van der Waals surface area contributed by atoms with Crippen LogP contribution in [-0.4, -0.2) is 37.0 Å². The molecule has 0 radical (unpaired) electrons. The largest absolute Gasteiger partial charge is 0.489 e. The van der Waals surface area contributed by atoms with Crippen molar-refractivity contribution in [2.24, 2.45) is 0 Å². The third-order valence-electron chi connectivity index (χ3n) is 2.89. The first-order chi connectivity index (χ1) is 9.95. The quantitative estimate of drug-likeness (QED) is 0.779. The fourth-order valence-electron chi connectivity index (χ4n) is 1.91. The molecule has 2 rings (SSSR count). The predicted octanol–water partition coefficient (Wildman–Crippen LogP) is 1.15. The lowest BCUT2D eigenvalue weighted by molar-refractivity contribution is -0.124. The standard InChI is InChI=1S/C14H18ClN3O3/c1-8(2)21-12-4-3-9(5-10(12)15)18-14(20)11-6-17-13(19)7-16-11/h3-5,8,11,16H,6-7H2,1-2H3,(H,17,19)(H,18,20). The number of ether oxygens (including phenoxy) is 1. The highest BCUT2D eigenvalue weighted by molar-refractivity contribution is 6.32. The van der Waals surface area contributed by atoms with E-state index in [1.807, 2.05) is 13.8 Å². The summed E-state index contributed by atoms with van der Waals surface area (Å²) in [7, 11) is 0. The fraction of sp³-hybridized carbons (Fsp3) is 0.429.